The summed E-state index contributed by atoms with van der Waals surface area (Å²) in [6, 6.07) is 10.5. The van der Waals surface area contributed by atoms with Crippen LogP contribution in [-0.4, -0.2) is 54.7 Å². The molecule has 0 radical (unpaired) electrons. The van der Waals surface area contributed by atoms with Gasteiger partial charge in [0.15, 0.2) is 15.8 Å². The number of carbonyl (C=O) groups excluding carboxylic acids is 2. The van der Waals surface area contributed by atoms with Gasteiger partial charge in [-0.3, -0.25) is 20.4 Å². The van der Waals surface area contributed by atoms with Crippen molar-refractivity contribution >= 4 is 45.7 Å². The van der Waals surface area contributed by atoms with Crippen molar-refractivity contribution in [2.24, 2.45) is 0 Å². The summed E-state index contributed by atoms with van der Waals surface area (Å²) >= 11 is 2.50. The van der Waals surface area contributed by atoms with Crippen LogP contribution in [0.3, 0.4) is 0 Å². The fourth-order valence-corrected chi connectivity index (χ4v) is 4.60. The van der Waals surface area contributed by atoms with Crippen molar-refractivity contribution in [3.63, 3.8) is 0 Å². The number of hydrogen-bond acceptors (Lipinski definition) is 11. The summed E-state index contributed by atoms with van der Waals surface area (Å²) in [6.07, 6.45) is 0. The van der Waals surface area contributed by atoms with Crippen LogP contribution in [0.1, 0.15) is 31.1 Å². The molecule has 198 valence electrons. The highest BCUT2D eigenvalue weighted by Gasteiger charge is 2.19. The molecule has 0 aliphatic rings. The highest BCUT2D eigenvalue weighted by atomic mass is 32.2. The SMILES string of the molecule is CCOc1cc(C(=O)NNC(=O)CSc2nnc(Nc3cccc(OC)c3)s2)cc(OCC)c1OCC. The van der Waals surface area contributed by atoms with Gasteiger partial charge in [-0.15, -0.1) is 10.2 Å². The molecule has 1 heterocycles. The van der Waals surface area contributed by atoms with E-state index in [-0.39, 0.29) is 11.3 Å². The molecule has 2 amide bonds. The standard InChI is InChI=1S/C24H29N5O6S2/c1-5-33-18-11-15(12-19(34-6-2)21(18)35-7-3)22(31)27-26-20(30)14-36-24-29-28-23(37-24)25-16-9-8-10-17(13-16)32-4/h8-13H,5-7,14H2,1-4H3,(H,25,28)(H,26,30)(H,27,31). The summed E-state index contributed by atoms with van der Waals surface area (Å²) in [5, 5.41) is 11.9. The maximum Gasteiger partial charge on any atom is 0.269 e. The number of nitrogens with one attached hydrogen (secondary N) is 3. The van der Waals surface area contributed by atoms with E-state index in [9.17, 15) is 9.59 Å². The van der Waals surface area contributed by atoms with Crippen molar-refractivity contribution in [3.05, 3.63) is 42.0 Å². The topological polar surface area (TPSA) is 133 Å². The molecule has 37 heavy (non-hydrogen) atoms. The molecule has 1 aromatic heterocycles. The van der Waals surface area contributed by atoms with E-state index >= 15 is 0 Å². The van der Waals surface area contributed by atoms with Crippen molar-refractivity contribution in [1.29, 1.82) is 0 Å². The van der Waals surface area contributed by atoms with E-state index in [4.69, 9.17) is 18.9 Å². The number of benzene rings is 2. The number of aromatic nitrogens is 2. The lowest BCUT2D eigenvalue weighted by Gasteiger charge is -2.17. The third-order valence-corrected chi connectivity index (χ3v) is 6.51. The van der Waals surface area contributed by atoms with E-state index in [1.54, 1.807) is 19.2 Å². The van der Waals surface area contributed by atoms with Crippen LogP contribution in [-0.2, 0) is 4.79 Å². The summed E-state index contributed by atoms with van der Waals surface area (Å²) < 4.78 is 22.7. The first-order valence-electron chi connectivity index (χ1n) is 11.5. The number of nitrogens with zero attached hydrogens (tertiary/aromatic N) is 2. The maximum absolute atomic E-state index is 12.7. The average Bonchev–Trinajstić information content (AvgIpc) is 3.35. The van der Waals surface area contributed by atoms with Gasteiger partial charge in [0.1, 0.15) is 5.75 Å². The largest absolute Gasteiger partial charge is 0.497 e. The molecule has 3 rings (SSSR count). The van der Waals surface area contributed by atoms with Crippen LogP contribution < -0.4 is 35.1 Å². The first-order valence-corrected chi connectivity index (χ1v) is 13.3. The quantitative estimate of drug-likeness (QED) is 0.213. The Morgan fingerprint density at radius 2 is 1.65 bits per heavy atom. The molecule has 0 spiro atoms. The second-order valence-corrected chi connectivity index (χ2v) is 9.32. The van der Waals surface area contributed by atoms with E-state index < -0.39 is 11.8 Å². The van der Waals surface area contributed by atoms with E-state index in [1.807, 2.05) is 45.0 Å². The normalized spacial score (nSPS) is 10.4. The molecule has 0 atom stereocenters. The zero-order chi connectivity index (χ0) is 26.6. The van der Waals surface area contributed by atoms with E-state index in [0.29, 0.717) is 46.5 Å². The van der Waals surface area contributed by atoms with Gasteiger partial charge < -0.3 is 24.3 Å². The van der Waals surface area contributed by atoms with Gasteiger partial charge >= 0.3 is 0 Å². The van der Waals surface area contributed by atoms with Crippen molar-refractivity contribution in [1.82, 2.24) is 21.0 Å². The number of methoxy groups -OCH3 is 1. The molecule has 3 N–H and O–H groups in total. The Kier molecular flexibility index (Phi) is 10.6. The van der Waals surface area contributed by atoms with Crippen LogP contribution in [0.15, 0.2) is 40.7 Å². The molecule has 0 aliphatic carbocycles. The lowest BCUT2D eigenvalue weighted by molar-refractivity contribution is -0.119. The van der Waals surface area contributed by atoms with Crippen LogP contribution in [0, 0.1) is 0 Å². The summed E-state index contributed by atoms with van der Waals surface area (Å²) in [4.78, 5) is 25.0. The van der Waals surface area contributed by atoms with E-state index in [2.05, 4.69) is 26.4 Å². The first-order chi connectivity index (χ1) is 18.0. The van der Waals surface area contributed by atoms with Crippen LogP contribution in [0.4, 0.5) is 10.8 Å². The molecular formula is C24H29N5O6S2. The summed E-state index contributed by atoms with van der Waals surface area (Å²) in [7, 11) is 1.60. The molecular weight excluding hydrogens is 518 g/mol. The zero-order valence-electron chi connectivity index (χ0n) is 21.0. The second-order valence-electron chi connectivity index (χ2n) is 7.12. The molecule has 0 aliphatic heterocycles. The van der Waals surface area contributed by atoms with Crippen molar-refractivity contribution in [3.8, 4) is 23.0 Å². The van der Waals surface area contributed by atoms with Gasteiger partial charge in [0.2, 0.25) is 16.8 Å². The second kappa shape index (κ2) is 14.1. The smallest absolute Gasteiger partial charge is 0.269 e. The van der Waals surface area contributed by atoms with Gasteiger partial charge in [-0.1, -0.05) is 29.2 Å². The molecule has 0 bridgehead atoms. The number of carbonyl (C=O) groups is 2. The molecule has 0 unspecified atom stereocenters. The minimum absolute atomic E-state index is 0.0335. The molecule has 2 aromatic carbocycles. The number of amides is 2. The van der Waals surface area contributed by atoms with Gasteiger partial charge in [0, 0.05) is 17.3 Å². The zero-order valence-corrected chi connectivity index (χ0v) is 22.6. The maximum atomic E-state index is 12.7. The molecule has 0 saturated heterocycles. The van der Waals surface area contributed by atoms with E-state index in [1.165, 1.54) is 23.1 Å². The monoisotopic (exact) mass is 547 g/mol. The molecule has 0 saturated carbocycles. The Hall–Kier alpha value is -3.71. The molecule has 3 aromatic rings. The number of hydrazine groups is 1. The van der Waals surface area contributed by atoms with Crippen LogP contribution in [0.5, 0.6) is 23.0 Å². The minimum Gasteiger partial charge on any atom is -0.497 e. The highest BCUT2D eigenvalue weighted by molar-refractivity contribution is 8.01. The number of anilines is 2. The predicted octanol–water partition coefficient (Wildman–Crippen LogP) is 4.04. The Bertz CT molecular complexity index is 1180. The van der Waals surface area contributed by atoms with Gasteiger partial charge in [-0.2, -0.15) is 0 Å². The Labute approximate surface area is 223 Å². The number of thioether (sulfide) groups is 1. The molecule has 13 heteroatoms. The Morgan fingerprint density at radius 3 is 2.30 bits per heavy atom. The van der Waals surface area contributed by atoms with Gasteiger partial charge in [0.05, 0.1) is 32.7 Å². The van der Waals surface area contributed by atoms with Crippen molar-refractivity contribution in [2.75, 3.05) is 38.0 Å². The summed E-state index contributed by atoms with van der Waals surface area (Å²) in [6.45, 7) is 6.68. The third-order valence-electron chi connectivity index (χ3n) is 4.54. The third kappa shape index (κ3) is 8.15. The number of ether oxygens (including phenoxy) is 4. The van der Waals surface area contributed by atoms with Gasteiger partial charge in [-0.05, 0) is 45.0 Å². The molecule has 0 fully saturated rings. The minimum atomic E-state index is -0.524. The number of rotatable bonds is 13. The number of hydrogen-bond donors (Lipinski definition) is 3. The molecule has 11 nitrogen and oxygen atoms in total. The summed E-state index contributed by atoms with van der Waals surface area (Å²) in [5.74, 6) is 1.03. The Morgan fingerprint density at radius 1 is 0.946 bits per heavy atom. The van der Waals surface area contributed by atoms with Gasteiger partial charge in [0.25, 0.3) is 5.91 Å². The van der Waals surface area contributed by atoms with Crippen molar-refractivity contribution < 1.29 is 28.5 Å². The fourth-order valence-electron chi connectivity index (χ4n) is 3.02. The fraction of sp³-hybridized carbons (Fsp3) is 0.333. The highest BCUT2D eigenvalue weighted by Crippen LogP contribution is 2.39. The first kappa shape index (κ1) is 27.9. The van der Waals surface area contributed by atoms with Crippen LogP contribution in [0.2, 0.25) is 0 Å². The predicted molar refractivity (Wildman–Crippen MR) is 142 cm³/mol. The Balaban J connectivity index is 1.54. The van der Waals surface area contributed by atoms with Gasteiger partial charge in [-0.25, -0.2) is 0 Å². The average molecular weight is 548 g/mol. The van der Waals surface area contributed by atoms with Crippen LogP contribution in [0.25, 0.3) is 0 Å². The lowest BCUT2D eigenvalue weighted by atomic mass is 10.1. The summed E-state index contributed by atoms with van der Waals surface area (Å²) in [5.41, 5.74) is 5.88. The van der Waals surface area contributed by atoms with Crippen LogP contribution >= 0.6 is 23.1 Å². The van der Waals surface area contributed by atoms with Crippen molar-refractivity contribution in [2.45, 2.75) is 25.1 Å². The lowest BCUT2D eigenvalue weighted by Crippen LogP contribution is -2.42. The van der Waals surface area contributed by atoms with E-state index in [0.717, 1.165) is 11.4 Å².